The zero-order valence-corrected chi connectivity index (χ0v) is 13.2. The van der Waals surface area contributed by atoms with Gasteiger partial charge in [-0.05, 0) is 18.8 Å². The van der Waals surface area contributed by atoms with Crippen molar-refractivity contribution in [2.24, 2.45) is 0 Å². The number of aromatic amines is 1. The number of carbonyl (C=O) groups is 1. The van der Waals surface area contributed by atoms with Crippen LogP contribution in [0, 0.1) is 0 Å². The van der Waals surface area contributed by atoms with Crippen LogP contribution in [0.3, 0.4) is 0 Å². The lowest BCUT2D eigenvalue weighted by Crippen LogP contribution is -2.39. The van der Waals surface area contributed by atoms with Gasteiger partial charge in [0.15, 0.2) is 5.01 Å². The van der Waals surface area contributed by atoms with Gasteiger partial charge in [-0.2, -0.15) is 0 Å². The van der Waals surface area contributed by atoms with Crippen LogP contribution in [0.5, 0.6) is 0 Å². The number of imidazole rings is 1. The van der Waals surface area contributed by atoms with Crippen molar-refractivity contribution >= 4 is 17.2 Å². The highest BCUT2D eigenvalue weighted by atomic mass is 32.1. The van der Waals surface area contributed by atoms with Crippen LogP contribution in [0.1, 0.15) is 59.8 Å². The van der Waals surface area contributed by atoms with Crippen LogP contribution < -0.4 is 0 Å². The summed E-state index contributed by atoms with van der Waals surface area (Å²) >= 11 is 1.45. The minimum atomic E-state index is 0.0585. The Morgan fingerprint density at radius 1 is 1.52 bits per heavy atom. The summed E-state index contributed by atoms with van der Waals surface area (Å²) < 4.78 is 0. The normalized spacial score (nSPS) is 19.2. The molecule has 1 aliphatic heterocycles. The van der Waals surface area contributed by atoms with Crippen LogP contribution in [0.25, 0.3) is 0 Å². The number of nitrogens with one attached hydrogen (secondary N) is 1. The molecule has 1 fully saturated rings. The predicted molar refractivity (Wildman–Crippen MR) is 82.7 cm³/mol. The van der Waals surface area contributed by atoms with Crippen molar-refractivity contribution in [1.82, 2.24) is 19.9 Å². The number of amides is 1. The lowest BCUT2D eigenvalue weighted by molar-refractivity contribution is 0.0704. The number of carbonyl (C=O) groups excluding carboxylic acids is 1. The Hall–Kier alpha value is -1.69. The van der Waals surface area contributed by atoms with Crippen LogP contribution in [0.4, 0.5) is 0 Å². The fourth-order valence-electron chi connectivity index (χ4n) is 2.67. The topological polar surface area (TPSA) is 61.9 Å². The van der Waals surface area contributed by atoms with Crippen LogP contribution in [-0.2, 0) is 0 Å². The first-order chi connectivity index (χ1) is 10.1. The van der Waals surface area contributed by atoms with Crippen LogP contribution >= 0.6 is 11.3 Å². The van der Waals surface area contributed by atoms with E-state index in [0.717, 1.165) is 37.4 Å². The monoisotopic (exact) mass is 304 g/mol. The molecule has 1 aliphatic rings. The van der Waals surface area contributed by atoms with E-state index < -0.39 is 0 Å². The fraction of sp³-hybridized carbons (Fsp3) is 0.533. The van der Waals surface area contributed by atoms with E-state index in [2.05, 4.69) is 28.8 Å². The molecule has 0 aliphatic carbocycles. The lowest BCUT2D eigenvalue weighted by Gasteiger charge is -2.31. The summed E-state index contributed by atoms with van der Waals surface area (Å²) in [6, 6.07) is 0. The highest BCUT2D eigenvalue weighted by molar-refractivity contribution is 7.11. The number of rotatable bonds is 3. The maximum atomic E-state index is 12.6. The Morgan fingerprint density at radius 3 is 3.05 bits per heavy atom. The molecule has 1 amide bonds. The number of H-pyrrole nitrogens is 1. The zero-order valence-electron chi connectivity index (χ0n) is 12.4. The molecule has 0 bridgehead atoms. The molecule has 112 valence electrons. The van der Waals surface area contributed by atoms with Gasteiger partial charge in [-0.1, -0.05) is 13.8 Å². The quantitative estimate of drug-likeness (QED) is 0.948. The Labute approximate surface area is 128 Å². The van der Waals surface area contributed by atoms with Crippen molar-refractivity contribution in [2.75, 3.05) is 13.1 Å². The molecule has 0 aromatic carbocycles. The number of thiazole rings is 1. The smallest absolute Gasteiger partial charge is 0.282 e. The molecule has 0 saturated carbocycles. The predicted octanol–water partition coefficient (Wildman–Crippen LogP) is 3.01. The Bertz CT molecular complexity index is 605. The average molecular weight is 304 g/mol. The van der Waals surface area contributed by atoms with Crippen molar-refractivity contribution in [1.29, 1.82) is 0 Å². The van der Waals surface area contributed by atoms with Crippen molar-refractivity contribution < 1.29 is 4.79 Å². The molecule has 3 rings (SSSR count). The first-order valence-corrected chi connectivity index (χ1v) is 8.27. The van der Waals surface area contributed by atoms with Gasteiger partial charge in [-0.25, -0.2) is 9.97 Å². The molecule has 0 spiro atoms. The Kier molecular flexibility index (Phi) is 4.05. The number of hydrogen-bond acceptors (Lipinski definition) is 4. The number of aromatic nitrogens is 3. The molecule has 21 heavy (non-hydrogen) atoms. The summed E-state index contributed by atoms with van der Waals surface area (Å²) in [5.41, 5.74) is 1.00. The van der Waals surface area contributed by atoms with Gasteiger partial charge in [-0.15, -0.1) is 11.3 Å². The molecule has 1 saturated heterocycles. The summed E-state index contributed by atoms with van der Waals surface area (Å²) in [4.78, 5) is 26.5. The van der Waals surface area contributed by atoms with E-state index in [9.17, 15) is 4.79 Å². The van der Waals surface area contributed by atoms with Crippen molar-refractivity contribution in [3.05, 3.63) is 34.3 Å². The minimum absolute atomic E-state index is 0.0585. The molecule has 3 heterocycles. The maximum absolute atomic E-state index is 12.6. The molecule has 1 atom stereocenters. The van der Waals surface area contributed by atoms with Crippen LogP contribution in [0.15, 0.2) is 17.8 Å². The third-order valence-electron chi connectivity index (χ3n) is 3.91. The third kappa shape index (κ3) is 3.00. The second-order valence-electron chi connectivity index (χ2n) is 5.80. The van der Waals surface area contributed by atoms with E-state index in [1.165, 1.54) is 11.3 Å². The number of nitrogens with zero attached hydrogens (tertiary/aromatic N) is 3. The van der Waals surface area contributed by atoms with E-state index in [0.29, 0.717) is 16.8 Å². The molecular weight excluding hydrogens is 284 g/mol. The lowest BCUT2D eigenvalue weighted by atomic mass is 9.97. The Balaban J connectivity index is 1.71. The van der Waals surface area contributed by atoms with Crippen molar-refractivity contribution in [2.45, 2.75) is 38.5 Å². The van der Waals surface area contributed by atoms with Crippen LogP contribution in [0.2, 0.25) is 0 Å². The average Bonchev–Trinajstić information content (AvgIpc) is 3.18. The van der Waals surface area contributed by atoms with Crippen LogP contribution in [-0.4, -0.2) is 38.8 Å². The van der Waals surface area contributed by atoms with Gasteiger partial charge in [0.25, 0.3) is 5.91 Å². The molecule has 5 nitrogen and oxygen atoms in total. The summed E-state index contributed by atoms with van der Waals surface area (Å²) in [7, 11) is 0. The first-order valence-electron chi connectivity index (χ1n) is 7.39. The van der Waals surface area contributed by atoms with Crippen molar-refractivity contribution in [3.8, 4) is 0 Å². The zero-order chi connectivity index (χ0) is 14.8. The SMILES string of the molecule is CC(C)c1csc(C(=O)N2CCC[C@H](c3ncc[nH]3)C2)n1. The van der Waals surface area contributed by atoms with Gasteiger partial charge >= 0.3 is 0 Å². The maximum Gasteiger partial charge on any atom is 0.282 e. The van der Waals surface area contributed by atoms with E-state index in [4.69, 9.17) is 0 Å². The van der Waals surface area contributed by atoms with E-state index >= 15 is 0 Å². The van der Waals surface area contributed by atoms with Gasteiger partial charge < -0.3 is 9.88 Å². The molecule has 2 aromatic heterocycles. The summed E-state index contributed by atoms with van der Waals surface area (Å²) in [5, 5.41) is 2.60. The first kappa shape index (κ1) is 14.3. The van der Waals surface area contributed by atoms with E-state index in [1.54, 1.807) is 6.20 Å². The second kappa shape index (κ2) is 5.97. The number of hydrogen-bond donors (Lipinski definition) is 1. The standard InChI is InChI=1S/C15H20N4OS/c1-10(2)12-9-21-14(18-12)15(20)19-7-3-4-11(8-19)13-16-5-6-17-13/h5-6,9-11H,3-4,7-8H2,1-2H3,(H,16,17)/t11-/m0/s1. The van der Waals surface area contributed by atoms with Gasteiger partial charge in [-0.3, -0.25) is 4.79 Å². The summed E-state index contributed by atoms with van der Waals surface area (Å²) in [6.07, 6.45) is 5.70. The Morgan fingerprint density at radius 2 is 2.38 bits per heavy atom. The highest BCUT2D eigenvalue weighted by Gasteiger charge is 2.28. The third-order valence-corrected chi connectivity index (χ3v) is 4.76. The van der Waals surface area contributed by atoms with Crippen molar-refractivity contribution in [3.63, 3.8) is 0 Å². The number of piperidine rings is 1. The van der Waals surface area contributed by atoms with Gasteiger partial charge in [0.05, 0.1) is 5.69 Å². The molecule has 6 heteroatoms. The van der Waals surface area contributed by atoms with E-state index in [-0.39, 0.29) is 5.91 Å². The largest absolute Gasteiger partial charge is 0.348 e. The number of likely N-dealkylation sites (tertiary alicyclic amines) is 1. The summed E-state index contributed by atoms with van der Waals surface area (Å²) in [5.74, 6) is 1.71. The minimum Gasteiger partial charge on any atom is -0.348 e. The summed E-state index contributed by atoms with van der Waals surface area (Å²) in [6.45, 7) is 5.73. The molecule has 0 radical (unpaired) electrons. The second-order valence-corrected chi connectivity index (χ2v) is 6.66. The molecular formula is C15H20N4OS. The highest BCUT2D eigenvalue weighted by Crippen LogP contribution is 2.26. The fourth-order valence-corrected chi connectivity index (χ4v) is 3.62. The van der Waals surface area contributed by atoms with Gasteiger partial charge in [0.1, 0.15) is 5.82 Å². The molecule has 0 unspecified atom stereocenters. The molecule has 2 aromatic rings. The molecule has 1 N–H and O–H groups in total. The van der Waals surface area contributed by atoms with Gasteiger partial charge in [0.2, 0.25) is 0 Å². The van der Waals surface area contributed by atoms with E-state index in [1.807, 2.05) is 16.5 Å². The van der Waals surface area contributed by atoms with Gasteiger partial charge in [0, 0.05) is 36.8 Å².